The van der Waals surface area contributed by atoms with Crippen LogP contribution >= 0.6 is 0 Å². The molecule has 2 N–H and O–H groups in total. The molecule has 98 valence electrons. The summed E-state index contributed by atoms with van der Waals surface area (Å²) in [5.74, 6) is -0.00377. The van der Waals surface area contributed by atoms with E-state index in [9.17, 15) is 4.79 Å². The second-order valence-corrected chi connectivity index (χ2v) is 3.91. The largest absolute Gasteiger partial charge is 0.480 e. The van der Waals surface area contributed by atoms with Gasteiger partial charge in [0.25, 0.3) is 0 Å². The average Bonchev–Trinajstić information content (AvgIpc) is 2.38. The van der Waals surface area contributed by atoms with Crippen LogP contribution in [0, 0.1) is 6.92 Å². The van der Waals surface area contributed by atoms with Crippen LogP contribution < -0.4 is 10.1 Å². The van der Waals surface area contributed by atoms with Crippen molar-refractivity contribution in [3.05, 3.63) is 41.7 Å². The summed E-state index contributed by atoms with van der Waals surface area (Å²) >= 11 is 0. The lowest BCUT2D eigenvalue weighted by Crippen LogP contribution is -2.01. The molecule has 0 saturated carbocycles. The SMILES string of the molecule is COc1cncc(Nc2ccc(C(=O)O)c(C)c2)n1. The molecular weight excluding hydrogens is 246 g/mol. The van der Waals surface area contributed by atoms with E-state index in [1.54, 1.807) is 31.3 Å². The standard InChI is InChI=1S/C13H13N3O3/c1-8-5-9(3-4-10(8)13(17)18)15-11-6-14-7-12(16-11)19-2/h3-7H,1-2H3,(H,15,16)(H,17,18). The topological polar surface area (TPSA) is 84.3 Å². The van der Waals surface area contributed by atoms with Crippen molar-refractivity contribution < 1.29 is 14.6 Å². The van der Waals surface area contributed by atoms with Gasteiger partial charge in [0.1, 0.15) is 0 Å². The van der Waals surface area contributed by atoms with Crippen LogP contribution in [0.4, 0.5) is 11.5 Å². The lowest BCUT2D eigenvalue weighted by atomic mass is 10.1. The van der Waals surface area contributed by atoms with Gasteiger partial charge in [0, 0.05) is 5.69 Å². The molecule has 2 rings (SSSR count). The number of aromatic carboxylic acids is 1. The van der Waals surface area contributed by atoms with Gasteiger partial charge in [0.15, 0.2) is 5.82 Å². The maximum Gasteiger partial charge on any atom is 0.335 e. The second-order valence-electron chi connectivity index (χ2n) is 3.91. The van der Waals surface area contributed by atoms with Crippen LogP contribution in [0.25, 0.3) is 0 Å². The molecule has 0 atom stereocenters. The van der Waals surface area contributed by atoms with Crippen LogP contribution in [-0.4, -0.2) is 28.2 Å². The van der Waals surface area contributed by atoms with E-state index in [-0.39, 0.29) is 5.56 Å². The van der Waals surface area contributed by atoms with E-state index >= 15 is 0 Å². The molecule has 0 spiro atoms. The third-order valence-electron chi connectivity index (χ3n) is 2.55. The smallest absolute Gasteiger partial charge is 0.335 e. The van der Waals surface area contributed by atoms with Gasteiger partial charge >= 0.3 is 5.97 Å². The Kier molecular flexibility index (Phi) is 3.61. The summed E-state index contributed by atoms with van der Waals surface area (Å²) in [7, 11) is 1.51. The van der Waals surface area contributed by atoms with Gasteiger partial charge in [-0.1, -0.05) is 0 Å². The molecule has 0 saturated heterocycles. The number of carbonyl (C=O) groups is 1. The highest BCUT2D eigenvalue weighted by molar-refractivity contribution is 5.90. The predicted octanol–water partition coefficient (Wildman–Crippen LogP) is 2.24. The Labute approximate surface area is 110 Å². The number of nitrogens with one attached hydrogen (secondary N) is 1. The third kappa shape index (κ3) is 2.98. The number of benzene rings is 1. The molecule has 19 heavy (non-hydrogen) atoms. The van der Waals surface area contributed by atoms with E-state index in [2.05, 4.69) is 15.3 Å². The van der Waals surface area contributed by atoms with Gasteiger partial charge in [-0.3, -0.25) is 4.98 Å². The quantitative estimate of drug-likeness (QED) is 0.875. The number of hydrogen-bond acceptors (Lipinski definition) is 5. The summed E-state index contributed by atoms with van der Waals surface area (Å²) in [5, 5.41) is 12.0. The highest BCUT2D eigenvalue weighted by Crippen LogP contribution is 2.19. The maximum absolute atomic E-state index is 10.9. The number of rotatable bonds is 4. The van der Waals surface area contributed by atoms with Gasteiger partial charge in [-0.25, -0.2) is 4.79 Å². The number of methoxy groups -OCH3 is 1. The highest BCUT2D eigenvalue weighted by atomic mass is 16.5. The zero-order valence-corrected chi connectivity index (χ0v) is 10.5. The number of nitrogens with zero attached hydrogens (tertiary/aromatic N) is 2. The number of aromatic nitrogens is 2. The van der Waals surface area contributed by atoms with Crippen molar-refractivity contribution in [2.24, 2.45) is 0 Å². The molecule has 0 aliphatic heterocycles. The molecule has 1 aromatic carbocycles. The molecule has 0 fully saturated rings. The summed E-state index contributed by atoms with van der Waals surface area (Å²) in [6.45, 7) is 1.74. The van der Waals surface area contributed by atoms with E-state index in [4.69, 9.17) is 9.84 Å². The number of ether oxygens (including phenoxy) is 1. The first kappa shape index (κ1) is 12.8. The van der Waals surface area contributed by atoms with E-state index in [0.717, 1.165) is 5.69 Å². The van der Waals surface area contributed by atoms with Crippen molar-refractivity contribution in [2.45, 2.75) is 6.92 Å². The van der Waals surface area contributed by atoms with Crippen molar-refractivity contribution in [3.63, 3.8) is 0 Å². The van der Waals surface area contributed by atoms with Crippen molar-refractivity contribution in [3.8, 4) is 5.88 Å². The summed E-state index contributed by atoms with van der Waals surface area (Å²) < 4.78 is 4.98. The molecule has 6 heteroatoms. The molecule has 0 unspecified atom stereocenters. The van der Waals surface area contributed by atoms with Crippen molar-refractivity contribution in [1.82, 2.24) is 9.97 Å². The first-order valence-corrected chi connectivity index (χ1v) is 5.57. The lowest BCUT2D eigenvalue weighted by Gasteiger charge is -2.08. The van der Waals surface area contributed by atoms with Gasteiger partial charge in [-0.15, -0.1) is 0 Å². The van der Waals surface area contributed by atoms with Crippen LogP contribution in [0.2, 0.25) is 0 Å². The minimum atomic E-state index is -0.940. The normalized spacial score (nSPS) is 10.0. The number of hydrogen-bond donors (Lipinski definition) is 2. The molecule has 0 amide bonds. The Morgan fingerprint density at radius 1 is 1.37 bits per heavy atom. The van der Waals surface area contributed by atoms with E-state index in [0.29, 0.717) is 17.3 Å². The molecule has 0 bridgehead atoms. The molecule has 6 nitrogen and oxygen atoms in total. The first-order valence-electron chi connectivity index (χ1n) is 5.57. The zero-order valence-electron chi connectivity index (χ0n) is 10.5. The van der Waals surface area contributed by atoms with Gasteiger partial charge in [0.2, 0.25) is 5.88 Å². The van der Waals surface area contributed by atoms with Crippen LogP contribution in [0.3, 0.4) is 0 Å². The molecule has 0 aliphatic carbocycles. The minimum Gasteiger partial charge on any atom is -0.480 e. The van der Waals surface area contributed by atoms with Gasteiger partial charge in [0.05, 0.1) is 25.1 Å². The third-order valence-corrected chi connectivity index (χ3v) is 2.55. The maximum atomic E-state index is 10.9. The first-order chi connectivity index (χ1) is 9.10. The lowest BCUT2D eigenvalue weighted by molar-refractivity contribution is 0.0696. The molecule has 1 aromatic heterocycles. The number of aryl methyl sites for hydroxylation is 1. The van der Waals surface area contributed by atoms with Crippen LogP contribution in [0.1, 0.15) is 15.9 Å². The van der Waals surface area contributed by atoms with Crippen molar-refractivity contribution in [2.75, 3.05) is 12.4 Å². The summed E-state index contributed by atoms with van der Waals surface area (Å²) in [4.78, 5) is 19.1. The summed E-state index contributed by atoms with van der Waals surface area (Å²) in [6.07, 6.45) is 3.06. The summed E-state index contributed by atoms with van der Waals surface area (Å²) in [5.41, 5.74) is 1.70. The monoisotopic (exact) mass is 259 g/mol. The van der Waals surface area contributed by atoms with Crippen molar-refractivity contribution >= 4 is 17.5 Å². The zero-order chi connectivity index (χ0) is 13.8. The number of anilines is 2. The number of carboxylic acids is 1. The Hall–Kier alpha value is -2.63. The van der Waals surface area contributed by atoms with E-state index in [1.807, 2.05) is 0 Å². The van der Waals surface area contributed by atoms with Crippen LogP contribution in [-0.2, 0) is 0 Å². The fourth-order valence-electron chi connectivity index (χ4n) is 1.64. The number of carboxylic acid groups (broad SMARTS) is 1. The summed E-state index contributed by atoms with van der Waals surface area (Å²) in [6, 6.07) is 4.97. The molecule has 0 aliphatic rings. The van der Waals surface area contributed by atoms with E-state index < -0.39 is 5.97 Å². The van der Waals surface area contributed by atoms with Crippen molar-refractivity contribution in [1.29, 1.82) is 0 Å². The van der Waals surface area contributed by atoms with Gasteiger partial charge in [-0.2, -0.15) is 4.98 Å². The Bertz CT molecular complexity index is 614. The van der Waals surface area contributed by atoms with Gasteiger partial charge in [-0.05, 0) is 30.7 Å². The average molecular weight is 259 g/mol. The minimum absolute atomic E-state index is 0.280. The fraction of sp³-hybridized carbons (Fsp3) is 0.154. The Morgan fingerprint density at radius 3 is 2.79 bits per heavy atom. The molecule has 1 heterocycles. The Morgan fingerprint density at radius 2 is 2.16 bits per heavy atom. The van der Waals surface area contributed by atoms with E-state index in [1.165, 1.54) is 13.3 Å². The fourth-order valence-corrected chi connectivity index (χ4v) is 1.64. The predicted molar refractivity (Wildman–Crippen MR) is 70.0 cm³/mol. The second kappa shape index (κ2) is 5.34. The van der Waals surface area contributed by atoms with Crippen LogP contribution in [0.5, 0.6) is 5.88 Å². The highest BCUT2D eigenvalue weighted by Gasteiger charge is 2.07. The van der Waals surface area contributed by atoms with Gasteiger partial charge < -0.3 is 15.2 Å². The Balaban J connectivity index is 2.23. The molecular formula is C13H13N3O3. The van der Waals surface area contributed by atoms with Crippen LogP contribution in [0.15, 0.2) is 30.6 Å². The molecule has 0 radical (unpaired) electrons. The molecule has 2 aromatic rings.